The molecular formula is C14H12ClN3O. The minimum atomic E-state index is 0.179. The molecule has 0 aliphatic heterocycles. The van der Waals surface area contributed by atoms with Crippen molar-refractivity contribution >= 4 is 11.6 Å². The maximum absolute atomic E-state index is 9.19. The number of aromatic nitrogens is 2. The number of rotatable bonds is 2. The first kappa shape index (κ1) is 13.3. The summed E-state index contributed by atoms with van der Waals surface area (Å²) < 4.78 is 5.62. The van der Waals surface area contributed by atoms with Crippen LogP contribution in [0.4, 0.5) is 0 Å². The lowest BCUT2D eigenvalue weighted by molar-refractivity contribution is 0.451. The number of halogens is 1. The molecule has 1 aromatic carbocycles. The van der Waals surface area contributed by atoms with E-state index < -0.39 is 0 Å². The van der Waals surface area contributed by atoms with Gasteiger partial charge in [0.2, 0.25) is 0 Å². The summed E-state index contributed by atoms with van der Waals surface area (Å²) in [4.78, 5) is 0. The van der Waals surface area contributed by atoms with Gasteiger partial charge in [-0.05, 0) is 44.0 Å². The monoisotopic (exact) mass is 273 g/mol. The molecule has 96 valence electrons. The van der Waals surface area contributed by atoms with Gasteiger partial charge in [0.25, 0.3) is 5.88 Å². The molecule has 19 heavy (non-hydrogen) atoms. The van der Waals surface area contributed by atoms with Crippen molar-refractivity contribution in [2.45, 2.75) is 20.8 Å². The predicted molar refractivity (Wildman–Crippen MR) is 72.5 cm³/mol. The van der Waals surface area contributed by atoms with Crippen LogP contribution in [0.5, 0.6) is 11.6 Å². The van der Waals surface area contributed by atoms with Gasteiger partial charge in [-0.3, -0.25) is 0 Å². The number of nitriles is 1. The van der Waals surface area contributed by atoms with Gasteiger partial charge in [0, 0.05) is 0 Å². The number of benzene rings is 1. The molecule has 2 rings (SSSR count). The van der Waals surface area contributed by atoms with Crippen LogP contribution < -0.4 is 4.74 Å². The third kappa shape index (κ3) is 2.67. The molecule has 0 saturated heterocycles. The summed E-state index contributed by atoms with van der Waals surface area (Å²) in [6.07, 6.45) is 0. The Labute approximate surface area is 116 Å². The highest BCUT2D eigenvalue weighted by Crippen LogP contribution is 2.31. The third-order valence-corrected chi connectivity index (χ3v) is 3.14. The van der Waals surface area contributed by atoms with E-state index in [0.717, 1.165) is 11.1 Å². The Morgan fingerprint density at radius 3 is 2.63 bits per heavy atom. The fourth-order valence-electron chi connectivity index (χ4n) is 1.58. The first-order valence-corrected chi connectivity index (χ1v) is 6.08. The number of hydrogen-bond acceptors (Lipinski definition) is 4. The highest BCUT2D eigenvalue weighted by Gasteiger charge is 2.14. The fraction of sp³-hybridized carbons (Fsp3) is 0.214. The van der Waals surface area contributed by atoms with Crippen molar-refractivity contribution in [3.8, 4) is 17.7 Å². The van der Waals surface area contributed by atoms with Crippen molar-refractivity contribution in [1.82, 2.24) is 10.2 Å². The lowest BCUT2D eigenvalue weighted by atomic mass is 10.1. The molecule has 1 aromatic heterocycles. The van der Waals surface area contributed by atoms with Gasteiger partial charge in [-0.1, -0.05) is 17.7 Å². The van der Waals surface area contributed by atoms with Crippen LogP contribution in [0.3, 0.4) is 0 Å². The van der Waals surface area contributed by atoms with Crippen molar-refractivity contribution in [3.05, 3.63) is 45.6 Å². The maximum Gasteiger partial charge on any atom is 0.257 e. The Kier molecular flexibility index (Phi) is 3.68. The Balaban J connectivity index is 2.47. The van der Waals surface area contributed by atoms with Gasteiger partial charge in [0.15, 0.2) is 0 Å². The molecule has 0 saturated carbocycles. The Bertz CT molecular complexity index is 677. The van der Waals surface area contributed by atoms with Gasteiger partial charge >= 0.3 is 0 Å². The average molecular weight is 274 g/mol. The van der Waals surface area contributed by atoms with Crippen LogP contribution >= 0.6 is 11.6 Å². The second kappa shape index (κ2) is 5.25. The molecule has 0 bridgehead atoms. The molecule has 4 nitrogen and oxygen atoms in total. The summed E-state index contributed by atoms with van der Waals surface area (Å²) in [5.74, 6) is 0.647. The van der Waals surface area contributed by atoms with E-state index in [4.69, 9.17) is 16.3 Å². The quantitative estimate of drug-likeness (QED) is 0.837. The lowest BCUT2D eigenvalue weighted by Gasteiger charge is -2.10. The maximum atomic E-state index is 9.19. The largest absolute Gasteiger partial charge is 0.435 e. The Morgan fingerprint density at radius 2 is 1.95 bits per heavy atom. The van der Waals surface area contributed by atoms with Gasteiger partial charge in [-0.15, -0.1) is 5.10 Å². The van der Waals surface area contributed by atoms with E-state index in [1.165, 1.54) is 0 Å². The second-order valence-corrected chi connectivity index (χ2v) is 4.65. The van der Waals surface area contributed by atoms with E-state index in [2.05, 4.69) is 16.3 Å². The first-order chi connectivity index (χ1) is 9.02. The second-order valence-electron chi connectivity index (χ2n) is 4.24. The number of hydrogen-bond donors (Lipinski definition) is 0. The topological polar surface area (TPSA) is 58.8 Å². The van der Waals surface area contributed by atoms with E-state index in [9.17, 15) is 5.26 Å². The van der Waals surface area contributed by atoms with E-state index >= 15 is 0 Å². The van der Waals surface area contributed by atoms with Crippen LogP contribution in [-0.2, 0) is 0 Å². The van der Waals surface area contributed by atoms with Crippen molar-refractivity contribution in [2.24, 2.45) is 0 Å². The Hall–Kier alpha value is -2.12. The molecular weight excluding hydrogens is 262 g/mol. The molecule has 0 radical (unpaired) electrons. The fourth-order valence-corrected chi connectivity index (χ4v) is 1.74. The molecule has 0 N–H and O–H groups in total. The zero-order valence-electron chi connectivity index (χ0n) is 10.9. The normalized spacial score (nSPS) is 10.1. The minimum absolute atomic E-state index is 0.179. The van der Waals surface area contributed by atoms with Crippen LogP contribution in [0, 0.1) is 32.1 Å². The van der Waals surface area contributed by atoms with E-state index in [0.29, 0.717) is 22.0 Å². The Morgan fingerprint density at radius 1 is 1.21 bits per heavy atom. The predicted octanol–water partition coefficient (Wildman–Crippen LogP) is 3.72. The summed E-state index contributed by atoms with van der Waals surface area (Å²) in [6.45, 7) is 5.54. The highest BCUT2D eigenvalue weighted by molar-refractivity contribution is 6.32. The molecule has 2 aromatic rings. The molecule has 0 atom stereocenters. The molecule has 0 unspecified atom stereocenters. The minimum Gasteiger partial charge on any atom is -0.435 e. The molecule has 5 heteroatoms. The van der Waals surface area contributed by atoms with Gasteiger partial charge < -0.3 is 4.74 Å². The lowest BCUT2D eigenvalue weighted by Crippen LogP contribution is -2.00. The van der Waals surface area contributed by atoms with E-state index in [-0.39, 0.29) is 5.88 Å². The van der Waals surface area contributed by atoms with Crippen LogP contribution in [0.15, 0.2) is 18.2 Å². The summed E-state index contributed by atoms with van der Waals surface area (Å²) in [6, 6.07) is 7.50. The molecule has 0 amide bonds. The molecule has 1 heterocycles. The van der Waals surface area contributed by atoms with Gasteiger partial charge in [-0.2, -0.15) is 10.4 Å². The summed E-state index contributed by atoms with van der Waals surface area (Å²) in [5, 5.41) is 17.6. The van der Waals surface area contributed by atoms with Gasteiger partial charge in [0.1, 0.15) is 17.4 Å². The number of aryl methyl sites for hydroxylation is 2. The van der Waals surface area contributed by atoms with Crippen LogP contribution in [-0.4, -0.2) is 10.2 Å². The zero-order chi connectivity index (χ0) is 14.0. The SMILES string of the molecule is Cc1ccc(Cl)c(Oc2nnc(C)c(C)c2C#N)c1. The van der Waals surface area contributed by atoms with Gasteiger partial charge in [0.05, 0.1) is 10.7 Å². The summed E-state index contributed by atoms with van der Waals surface area (Å²) in [5.41, 5.74) is 2.86. The van der Waals surface area contributed by atoms with Crippen LogP contribution in [0.2, 0.25) is 5.02 Å². The van der Waals surface area contributed by atoms with E-state index in [1.807, 2.05) is 19.9 Å². The van der Waals surface area contributed by atoms with Crippen LogP contribution in [0.25, 0.3) is 0 Å². The summed E-state index contributed by atoms with van der Waals surface area (Å²) in [7, 11) is 0. The standard InChI is InChI=1S/C14H12ClN3O/c1-8-4-5-12(15)13(6-8)19-14-11(7-16)9(2)10(3)17-18-14/h4-6H,1-3H3. The van der Waals surface area contributed by atoms with Crippen molar-refractivity contribution in [2.75, 3.05) is 0 Å². The van der Waals surface area contributed by atoms with Crippen molar-refractivity contribution < 1.29 is 4.74 Å². The average Bonchev–Trinajstić information content (AvgIpc) is 2.38. The molecule has 0 aliphatic rings. The third-order valence-electron chi connectivity index (χ3n) is 2.83. The number of ether oxygens (including phenoxy) is 1. The van der Waals surface area contributed by atoms with Gasteiger partial charge in [-0.25, -0.2) is 0 Å². The highest BCUT2D eigenvalue weighted by atomic mass is 35.5. The van der Waals surface area contributed by atoms with E-state index in [1.54, 1.807) is 19.1 Å². The molecule has 0 aliphatic carbocycles. The first-order valence-electron chi connectivity index (χ1n) is 5.71. The molecule has 0 fully saturated rings. The van der Waals surface area contributed by atoms with Crippen LogP contribution in [0.1, 0.15) is 22.4 Å². The molecule has 0 spiro atoms. The smallest absolute Gasteiger partial charge is 0.257 e. The van der Waals surface area contributed by atoms with Crippen molar-refractivity contribution in [1.29, 1.82) is 5.26 Å². The summed E-state index contributed by atoms with van der Waals surface area (Å²) >= 11 is 6.06. The number of nitrogens with zero attached hydrogens (tertiary/aromatic N) is 3. The zero-order valence-corrected chi connectivity index (χ0v) is 11.6. The van der Waals surface area contributed by atoms with Crippen molar-refractivity contribution in [3.63, 3.8) is 0 Å².